The molecule has 1 aromatic carbocycles. The van der Waals surface area contributed by atoms with Crippen LogP contribution in [0.5, 0.6) is 0 Å². The number of carbonyl (C=O) groups excluding carboxylic acids is 1. The first-order valence-electron chi connectivity index (χ1n) is 5.42. The highest BCUT2D eigenvalue weighted by atomic mass is 16.4. The first kappa shape index (κ1) is 13.2. The van der Waals surface area contributed by atoms with Crippen LogP contribution in [0.3, 0.4) is 0 Å². The van der Waals surface area contributed by atoms with E-state index in [1.54, 1.807) is 12.1 Å². The topological polar surface area (TPSA) is 92.4 Å². The second-order valence-corrected chi connectivity index (χ2v) is 3.64. The molecule has 0 spiro atoms. The van der Waals surface area contributed by atoms with Gasteiger partial charge in [0.1, 0.15) is 0 Å². The molecule has 0 heterocycles. The summed E-state index contributed by atoms with van der Waals surface area (Å²) in [6.07, 6.45) is 0.706. The first-order valence-corrected chi connectivity index (χ1v) is 5.42. The molecule has 4 N–H and O–H groups in total. The van der Waals surface area contributed by atoms with Crippen molar-refractivity contribution in [1.29, 1.82) is 0 Å². The largest absolute Gasteiger partial charge is 0.481 e. The summed E-state index contributed by atoms with van der Waals surface area (Å²) >= 11 is 0. The van der Waals surface area contributed by atoms with Crippen molar-refractivity contribution < 1.29 is 14.7 Å². The van der Waals surface area contributed by atoms with Crippen molar-refractivity contribution in [3.63, 3.8) is 0 Å². The van der Waals surface area contributed by atoms with Crippen molar-refractivity contribution in [1.82, 2.24) is 5.32 Å². The third kappa shape index (κ3) is 4.65. The summed E-state index contributed by atoms with van der Waals surface area (Å²) in [4.78, 5) is 21.8. The Bertz CT molecular complexity index is 387. The predicted molar refractivity (Wildman–Crippen MR) is 63.8 cm³/mol. The Hall–Kier alpha value is -1.88. The second-order valence-electron chi connectivity index (χ2n) is 3.64. The fraction of sp³-hybridized carbons (Fsp3) is 0.333. The van der Waals surface area contributed by atoms with Crippen LogP contribution in [0.1, 0.15) is 22.3 Å². The fourth-order valence-electron chi connectivity index (χ4n) is 1.37. The number of nitrogens with two attached hydrogens (primary N) is 1. The van der Waals surface area contributed by atoms with E-state index < -0.39 is 5.97 Å². The van der Waals surface area contributed by atoms with Crippen LogP contribution in [-0.4, -0.2) is 30.1 Å². The van der Waals surface area contributed by atoms with Gasteiger partial charge in [-0.3, -0.25) is 9.59 Å². The Labute approximate surface area is 99.6 Å². The molecule has 1 aromatic rings. The van der Waals surface area contributed by atoms with E-state index in [1.165, 1.54) is 0 Å². The third-order valence-electron chi connectivity index (χ3n) is 2.27. The molecule has 0 saturated heterocycles. The minimum Gasteiger partial charge on any atom is -0.481 e. The van der Waals surface area contributed by atoms with Gasteiger partial charge in [0.2, 0.25) is 0 Å². The maximum Gasteiger partial charge on any atom is 0.305 e. The smallest absolute Gasteiger partial charge is 0.305 e. The van der Waals surface area contributed by atoms with Crippen LogP contribution in [0, 0.1) is 0 Å². The number of aliphatic carboxylic acids is 1. The Morgan fingerprint density at radius 2 is 1.88 bits per heavy atom. The van der Waals surface area contributed by atoms with Gasteiger partial charge in [-0.25, -0.2) is 0 Å². The Morgan fingerprint density at radius 1 is 1.24 bits per heavy atom. The van der Waals surface area contributed by atoms with E-state index in [0.29, 0.717) is 12.1 Å². The number of carbonyl (C=O) groups is 2. The molecule has 92 valence electrons. The van der Waals surface area contributed by atoms with E-state index in [2.05, 4.69) is 5.32 Å². The standard InChI is InChI=1S/C12H16N2O3/c13-7-5-9-1-3-10(4-2-9)12(17)14-8-6-11(15)16/h1-4H,5-8,13H2,(H,14,17)(H,15,16). The molecule has 0 aliphatic rings. The highest BCUT2D eigenvalue weighted by Gasteiger charge is 2.05. The van der Waals surface area contributed by atoms with E-state index in [-0.39, 0.29) is 18.9 Å². The van der Waals surface area contributed by atoms with E-state index in [4.69, 9.17) is 10.8 Å². The number of carboxylic acids is 1. The van der Waals surface area contributed by atoms with Crippen LogP contribution < -0.4 is 11.1 Å². The van der Waals surface area contributed by atoms with Gasteiger partial charge in [0.25, 0.3) is 5.91 Å². The van der Waals surface area contributed by atoms with Gasteiger partial charge < -0.3 is 16.2 Å². The molecule has 0 fully saturated rings. The molecule has 0 aromatic heterocycles. The lowest BCUT2D eigenvalue weighted by Crippen LogP contribution is -2.25. The molecule has 5 nitrogen and oxygen atoms in total. The van der Waals surface area contributed by atoms with Crippen molar-refractivity contribution >= 4 is 11.9 Å². The molecule has 0 bridgehead atoms. The van der Waals surface area contributed by atoms with Crippen molar-refractivity contribution in [3.05, 3.63) is 35.4 Å². The normalized spacial score (nSPS) is 9.94. The van der Waals surface area contributed by atoms with Gasteiger partial charge in [0, 0.05) is 12.1 Å². The van der Waals surface area contributed by atoms with Crippen LogP contribution in [-0.2, 0) is 11.2 Å². The molecule has 1 rings (SSSR count). The lowest BCUT2D eigenvalue weighted by Gasteiger charge is -2.04. The van der Waals surface area contributed by atoms with Crippen molar-refractivity contribution in [3.8, 4) is 0 Å². The third-order valence-corrected chi connectivity index (χ3v) is 2.27. The maximum atomic E-state index is 11.6. The van der Waals surface area contributed by atoms with E-state index in [0.717, 1.165) is 12.0 Å². The average Bonchev–Trinajstić information content (AvgIpc) is 2.30. The molecule has 5 heteroatoms. The number of hydrogen-bond donors (Lipinski definition) is 3. The number of rotatable bonds is 6. The van der Waals surface area contributed by atoms with Crippen LogP contribution in [0.2, 0.25) is 0 Å². The van der Waals surface area contributed by atoms with Crippen LogP contribution in [0.15, 0.2) is 24.3 Å². The van der Waals surface area contributed by atoms with E-state index >= 15 is 0 Å². The molecular formula is C12H16N2O3. The van der Waals surface area contributed by atoms with Crippen molar-refractivity contribution in [2.75, 3.05) is 13.1 Å². The SMILES string of the molecule is NCCc1ccc(C(=O)NCCC(=O)O)cc1. The van der Waals surface area contributed by atoms with Crippen LogP contribution in [0.25, 0.3) is 0 Å². The summed E-state index contributed by atoms with van der Waals surface area (Å²) in [6.45, 7) is 0.711. The first-order chi connectivity index (χ1) is 8.13. The van der Waals surface area contributed by atoms with E-state index in [1.807, 2.05) is 12.1 Å². The number of amides is 1. The second kappa shape index (κ2) is 6.65. The molecule has 0 radical (unpaired) electrons. The zero-order valence-corrected chi connectivity index (χ0v) is 9.48. The summed E-state index contributed by atoms with van der Waals surface area (Å²) in [6, 6.07) is 7.11. The average molecular weight is 236 g/mol. The quantitative estimate of drug-likeness (QED) is 0.666. The number of nitrogens with one attached hydrogen (secondary N) is 1. The Kier molecular flexibility index (Phi) is 5.16. The van der Waals surface area contributed by atoms with Crippen LogP contribution >= 0.6 is 0 Å². The van der Waals surface area contributed by atoms with Crippen molar-refractivity contribution in [2.45, 2.75) is 12.8 Å². The van der Waals surface area contributed by atoms with Gasteiger partial charge in [-0.2, -0.15) is 0 Å². The predicted octanol–water partition coefficient (Wildman–Crippen LogP) is 0.392. The lowest BCUT2D eigenvalue weighted by atomic mass is 10.1. The molecule has 0 aliphatic heterocycles. The molecule has 0 unspecified atom stereocenters. The van der Waals surface area contributed by atoms with E-state index in [9.17, 15) is 9.59 Å². The zero-order valence-electron chi connectivity index (χ0n) is 9.48. The Balaban J connectivity index is 2.48. The zero-order chi connectivity index (χ0) is 12.7. The number of benzene rings is 1. The van der Waals surface area contributed by atoms with Gasteiger partial charge >= 0.3 is 5.97 Å². The molecule has 17 heavy (non-hydrogen) atoms. The number of hydrogen-bond acceptors (Lipinski definition) is 3. The summed E-state index contributed by atoms with van der Waals surface area (Å²) in [5, 5.41) is 11.0. The van der Waals surface area contributed by atoms with Crippen molar-refractivity contribution in [2.24, 2.45) is 5.73 Å². The minimum absolute atomic E-state index is 0.0724. The van der Waals surface area contributed by atoms with Crippen LogP contribution in [0.4, 0.5) is 0 Å². The minimum atomic E-state index is -0.927. The Morgan fingerprint density at radius 3 is 2.41 bits per heavy atom. The molecule has 0 aliphatic carbocycles. The fourth-order valence-corrected chi connectivity index (χ4v) is 1.37. The van der Waals surface area contributed by atoms with Gasteiger partial charge in [0.15, 0.2) is 0 Å². The van der Waals surface area contributed by atoms with Gasteiger partial charge in [0.05, 0.1) is 6.42 Å². The monoisotopic (exact) mass is 236 g/mol. The molecule has 0 saturated carbocycles. The van der Waals surface area contributed by atoms with Gasteiger partial charge in [-0.05, 0) is 30.7 Å². The maximum absolute atomic E-state index is 11.6. The molecular weight excluding hydrogens is 220 g/mol. The summed E-state index contributed by atoms with van der Waals surface area (Å²) in [7, 11) is 0. The summed E-state index contributed by atoms with van der Waals surface area (Å²) in [5.74, 6) is -1.19. The summed E-state index contributed by atoms with van der Waals surface area (Å²) in [5.41, 5.74) is 7.02. The highest BCUT2D eigenvalue weighted by Crippen LogP contribution is 2.04. The molecule has 1 amide bonds. The lowest BCUT2D eigenvalue weighted by molar-refractivity contribution is -0.136. The van der Waals surface area contributed by atoms with Gasteiger partial charge in [-0.1, -0.05) is 12.1 Å². The van der Waals surface area contributed by atoms with Gasteiger partial charge in [-0.15, -0.1) is 0 Å². The number of carboxylic acid groups (broad SMARTS) is 1. The summed E-state index contributed by atoms with van der Waals surface area (Å²) < 4.78 is 0. The highest BCUT2D eigenvalue weighted by molar-refractivity contribution is 5.94. The molecule has 0 atom stereocenters.